The van der Waals surface area contributed by atoms with Crippen LogP contribution < -0.4 is 5.11 Å². The zero-order valence-corrected chi connectivity index (χ0v) is 5.64. The Balaban J connectivity index is 0. The fourth-order valence-corrected chi connectivity index (χ4v) is 0.286. The molecule has 0 aromatic rings. The Kier molecular flexibility index (Phi) is 6.50. The zero-order valence-electron chi connectivity index (χ0n) is 4.70. The Morgan fingerprint density at radius 3 is 1.88 bits per heavy atom. The number of carbonyl (C=O) groups is 1. The Bertz CT molecular complexity index is 103. The van der Waals surface area contributed by atoms with Crippen LogP contribution in [0.3, 0.4) is 0 Å². The first-order valence-corrected chi connectivity index (χ1v) is 1.99. The monoisotopic (exact) mass is 162 g/mol. The SMILES string of the molecule is CC(=O)C=C(C)[O-].[Cu+]. The fraction of sp³-hybridized carbons (Fsp3) is 0.400. The summed E-state index contributed by atoms with van der Waals surface area (Å²) in [6.07, 6.45) is 1.06. The van der Waals surface area contributed by atoms with Crippen LogP contribution in [0.4, 0.5) is 0 Å². The van der Waals surface area contributed by atoms with Gasteiger partial charge in [-0.25, -0.2) is 0 Å². The molecule has 0 aliphatic rings. The van der Waals surface area contributed by atoms with Gasteiger partial charge in [0.25, 0.3) is 0 Å². The normalized spacial score (nSPS) is 10.0. The minimum Gasteiger partial charge on any atom is -0.876 e. The Morgan fingerprint density at radius 2 is 1.88 bits per heavy atom. The molecule has 0 atom stereocenters. The maximum absolute atomic E-state index is 9.98. The molecule has 0 saturated heterocycles. The molecule has 0 aromatic heterocycles. The van der Waals surface area contributed by atoms with E-state index >= 15 is 0 Å². The average molecular weight is 163 g/mol. The van der Waals surface area contributed by atoms with E-state index in [9.17, 15) is 9.90 Å². The van der Waals surface area contributed by atoms with Gasteiger partial charge in [0.2, 0.25) is 0 Å². The van der Waals surface area contributed by atoms with Crippen molar-refractivity contribution in [2.45, 2.75) is 13.8 Å². The van der Waals surface area contributed by atoms with E-state index in [4.69, 9.17) is 0 Å². The second-order valence-electron chi connectivity index (χ2n) is 1.37. The second kappa shape index (κ2) is 4.88. The summed E-state index contributed by atoms with van der Waals surface area (Å²) in [5.74, 6) is -0.375. The number of allylic oxidation sites excluding steroid dienone is 2. The van der Waals surface area contributed by atoms with E-state index in [0.29, 0.717) is 0 Å². The van der Waals surface area contributed by atoms with Crippen LogP contribution >= 0.6 is 0 Å². The first-order valence-electron chi connectivity index (χ1n) is 1.99. The molecular weight excluding hydrogens is 156 g/mol. The Labute approximate surface area is 59.1 Å². The molecule has 0 aromatic carbocycles. The fourth-order valence-electron chi connectivity index (χ4n) is 0.286. The van der Waals surface area contributed by atoms with Crippen molar-refractivity contribution >= 4 is 5.78 Å². The Hall–Kier alpha value is -0.271. The number of hydrogen-bond acceptors (Lipinski definition) is 2. The van der Waals surface area contributed by atoms with Crippen LogP contribution in [0.2, 0.25) is 0 Å². The predicted molar refractivity (Wildman–Crippen MR) is 24.4 cm³/mol. The molecule has 0 fully saturated rings. The minimum atomic E-state index is -0.187. The summed E-state index contributed by atoms with van der Waals surface area (Å²) in [6.45, 7) is 2.70. The van der Waals surface area contributed by atoms with Gasteiger partial charge >= 0.3 is 17.1 Å². The van der Waals surface area contributed by atoms with Crippen LogP contribution in [0.1, 0.15) is 13.8 Å². The molecule has 0 amide bonds. The molecule has 0 spiro atoms. The molecule has 0 radical (unpaired) electrons. The van der Waals surface area contributed by atoms with Gasteiger partial charge in [0.05, 0.1) is 0 Å². The van der Waals surface area contributed by atoms with Crippen LogP contribution in [0.5, 0.6) is 0 Å². The first-order chi connectivity index (χ1) is 3.13. The van der Waals surface area contributed by atoms with Gasteiger partial charge in [0, 0.05) is 0 Å². The molecule has 0 unspecified atom stereocenters. The smallest absolute Gasteiger partial charge is 0.876 e. The van der Waals surface area contributed by atoms with Crippen molar-refractivity contribution in [3.8, 4) is 0 Å². The summed E-state index contributed by atoms with van der Waals surface area (Å²) >= 11 is 0. The van der Waals surface area contributed by atoms with Crippen molar-refractivity contribution < 1.29 is 27.0 Å². The van der Waals surface area contributed by atoms with Gasteiger partial charge in [0.15, 0.2) is 5.78 Å². The van der Waals surface area contributed by atoms with Gasteiger partial charge in [0.1, 0.15) is 0 Å². The third kappa shape index (κ3) is 9.21. The number of ketones is 1. The molecule has 0 aliphatic heterocycles. The number of carbonyl (C=O) groups excluding carboxylic acids is 1. The van der Waals surface area contributed by atoms with Crippen molar-refractivity contribution in [1.82, 2.24) is 0 Å². The van der Waals surface area contributed by atoms with Gasteiger partial charge in [-0.15, -0.1) is 5.76 Å². The van der Waals surface area contributed by atoms with E-state index < -0.39 is 0 Å². The van der Waals surface area contributed by atoms with Gasteiger partial charge in [-0.3, -0.25) is 4.79 Å². The standard InChI is InChI=1S/C5H8O2.Cu/c1-4(6)3-5(2)7;/h3,6H,1-2H3;/q;+1/p-1. The maximum Gasteiger partial charge on any atom is 1.00 e. The van der Waals surface area contributed by atoms with E-state index in [-0.39, 0.29) is 28.6 Å². The quantitative estimate of drug-likeness (QED) is 0.305. The molecule has 50 valence electrons. The average Bonchev–Trinajstić information content (AvgIpc) is 1.27. The Morgan fingerprint density at radius 1 is 1.50 bits per heavy atom. The third-order valence-electron chi connectivity index (χ3n) is 0.407. The molecule has 8 heavy (non-hydrogen) atoms. The molecule has 0 bridgehead atoms. The number of rotatable bonds is 1. The maximum atomic E-state index is 9.98. The summed E-state index contributed by atoms with van der Waals surface area (Å²) in [5.41, 5.74) is 0. The van der Waals surface area contributed by atoms with E-state index in [2.05, 4.69) is 0 Å². The first kappa shape index (κ1) is 10.7. The predicted octanol–water partition coefficient (Wildman–Crippen LogP) is -0.163. The van der Waals surface area contributed by atoms with Crippen LogP contribution in [0.25, 0.3) is 0 Å². The molecule has 0 saturated carbocycles. The van der Waals surface area contributed by atoms with E-state index in [0.717, 1.165) is 6.08 Å². The minimum absolute atomic E-state index is 0. The third-order valence-corrected chi connectivity index (χ3v) is 0.407. The van der Waals surface area contributed by atoms with Crippen molar-refractivity contribution in [2.75, 3.05) is 0 Å². The summed E-state index contributed by atoms with van der Waals surface area (Å²) in [5, 5.41) is 9.98. The van der Waals surface area contributed by atoms with Crippen LogP contribution in [-0.2, 0) is 21.9 Å². The van der Waals surface area contributed by atoms with Gasteiger partial charge in [-0.2, -0.15) is 0 Å². The van der Waals surface area contributed by atoms with E-state index in [1.54, 1.807) is 0 Å². The van der Waals surface area contributed by atoms with Crippen molar-refractivity contribution in [3.05, 3.63) is 11.8 Å². The molecule has 0 rings (SSSR count). The molecule has 3 heteroatoms. The van der Waals surface area contributed by atoms with Crippen LogP contribution in [-0.4, -0.2) is 5.78 Å². The van der Waals surface area contributed by atoms with Crippen LogP contribution in [0, 0.1) is 0 Å². The molecule has 0 heterocycles. The summed E-state index contributed by atoms with van der Waals surface area (Å²) < 4.78 is 0. The molecule has 0 N–H and O–H groups in total. The largest absolute Gasteiger partial charge is 1.00 e. The van der Waals surface area contributed by atoms with Gasteiger partial charge in [-0.05, 0) is 13.0 Å². The van der Waals surface area contributed by atoms with Gasteiger partial charge in [-0.1, -0.05) is 6.92 Å². The van der Waals surface area contributed by atoms with E-state index in [1.165, 1.54) is 13.8 Å². The molecular formula is C5H7CuO2. The summed E-state index contributed by atoms with van der Waals surface area (Å²) in [6, 6.07) is 0. The summed E-state index contributed by atoms with van der Waals surface area (Å²) in [4.78, 5) is 9.98. The van der Waals surface area contributed by atoms with Crippen LogP contribution in [0.15, 0.2) is 11.8 Å². The molecule has 0 aliphatic carbocycles. The number of hydrogen-bond donors (Lipinski definition) is 0. The summed E-state index contributed by atoms with van der Waals surface area (Å²) in [7, 11) is 0. The van der Waals surface area contributed by atoms with E-state index in [1.807, 2.05) is 0 Å². The van der Waals surface area contributed by atoms with Crippen molar-refractivity contribution in [1.29, 1.82) is 0 Å². The van der Waals surface area contributed by atoms with Crippen molar-refractivity contribution in [2.24, 2.45) is 0 Å². The second-order valence-corrected chi connectivity index (χ2v) is 1.37. The molecule has 2 nitrogen and oxygen atoms in total. The topological polar surface area (TPSA) is 40.1 Å². The van der Waals surface area contributed by atoms with Gasteiger partial charge < -0.3 is 5.11 Å². The van der Waals surface area contributed by atoms with Crippen molar-refractivity contribution in [3.63, 3.8) is 0 Å². The zero-order chi connectivity index (χ0) is 5.86.